The van der Waals surface area contributed by atoms with E-state index < -0.39 is 17.7 Å². The summed E-state index contributed by atoms with van der Waals surface area (Å²) in [6.45, 7) is 11.0. The normalized spacial score (nSPS) is 11.3. The second kappa shape index (κ2) is 49.3. The summed E-state index contributed by atoms with van der Waals surface area (Å²) in [4.78, 5) is 44.6. The van der Waals surface area contributed by atoms with Crippen LogP contribution in [-0.2, 0) is 76.0 Å². The van der Waals surface area contributed by atoms with Crippen LogP contribution in [0.2, 0.25) is 0 Å². The van der Waals surface area contributed by atoms with Crippen molar-refractivity contribution in [3.8, 4) is 0 Å². The molecule has 60 heavy (non-hydrogen) atoms. The molecule has 0 fully saturated rings. The van der Waals surface area contributed by atoms with Gasteiger partial charge in [-0.2, -0.15) is 0 Å². The van der Waals surface area contributed by atoms with E-state index in [4.69, 9.17) is 61.9 Å². The molecule has 0 aromatic heterocycles. The maximum absolute atomic E-state index is 11.9. The molecule has 0 radical (unpaired) electrons. The van der Waals surface area contributed by atoms with E-state index in [0.717, 1.165) is 12.8 Å². The monoisotopic (exact) mass is 869 g/mol. The molecule has 0 atom stereocenters. The van der Waals surface area contributed by atoms with Gasteiger partial charge in [0.1, 0.15) is 13.2 Å². The first-order chi connectivity index (χ1) is 29.5. The molecular weight excluding hydrogens is 788 g/mol. The molecule has 0 aromatic carbocycles. The fraction of sp³-hybridized carbons (Fsp3) is 0.907. The number of carboxylic acids is 1. The maximum atomic E-state index is 11.9. The fourth-order valence-electron chi connectivity index (χ4n) is 5.26. The van der Waals surface area contributed by atoms with Gasteiger partial charge in [-0.3, -0.25) is 14.4 Å². The molecular formula is C43H80O17. The fourth-order valence-corrected chi connectivity index (χ4v) is 5.26. The summed E-state index contributed by atoms with van der Waals surface area (Å²) in [6.07, 6.45) is 16.5. The van der Waals surface area contributed by atoms with Crippen LogP contribution in [0.1, 0.15) is 110 Å². The van der Waals surface area contributed by atoms with Crippen LogP contribution in [-0.4, -0.2) is 174 Å². The lowest BCUT2D eigenvalue weighted by molar-refractivity contribution is -0.151. The average Bonchev–Trinajstić information content (AvgIpc) is 3.24. The standard InChI is InChI=1S/C43H80O17/c1-2-3-4-5-6-7-8-9-10-11-12-13-14-15-41(45)59-38-36-57-34-32-55-30-28-53-26-24-51-22-20-49-18-19-50-21-23-52-25-27-54-29-31-56-33-35-58-37-39-60-42(46)17-16-40(44)43(47)48/h2-39H2,1H3,(H,47,48). The molecule has 0 aliphatic carbocycles. The lowest BCUT2D eigenvalue weighted by Crippen LogP contribution is -2.17. The third-order valence-electron chi connectivity index (χ3n) is 8.61. The maximum Gasteiger partial charge on any atom is 0.372 e. The van der Waals surface area contributed by atoms with Crippen molar-refractivity contribution < 1.29 is 81.1 Å². The Morgan fingerprint density at radius 3 is 0.800 bits per heavy atom. The minimum absolute atomic E-state index is 0.0101. The predicted octanol–water partition coefficient (Wildman–Crippen LogP) is 5.15. The third kappa shape index (κ3) is 48.3. The third-order valence-corrected chi connectivity index (χ3v) is 8.61. The zero-order valence-corrected chi connectivity index (χ0v) is 36.8. The van der Waals surface area contributed by atoms with Crippen LogP contribution in [0.3, 0.4) is 0 Å². The van der Waals surface area contributed by atoms with Gasteiger partial charge >= 0.3 is 17.9 Å². The Morgan fingerprint density at radius 1 is 0.300 bits per heavy atom. The van der Waals surface area contributed by atoms with Crippen LogP contribution in [0.5, 0.6) is 0 Å². The van der Waals surface area contributed by atoms with Crippen LogP contribution >= 0.6 is 0 Å². The van der Waals surface area contributed by atoms with Gasteiger partial charge in [0.2, 0.25) is 5.78 Å². The Kier molecular flexibility index (Phi) is 47.4. The highest BCUT2D eigenvalue weighted by Gasteiger charge is 2.14. The Bertz CT molecular complexity index is 955. The highest BCUT2D eigenvalue weighted by Crippen LogP contribution is 2.13. The quantitative estimate of drug-likeness (QED) is 0.0478. The van der Waals surface area contributed by atoms with Crippen LogP contribution in [0.25, 0.3) is 0 Å². The molecule has 0 saturated carbocycles. The van der Waals surface area contributed by atoms with E-state index in [2.05, 4.69) is 6.92 Å². The number of aliphatic carboxylic acids is 1. The van der Waals surface area contributed by atoms with E-state index in [1.54, 1.807) is 0 Å². The molecule has 1 N–H and O–H groups in total. The summed E-state index contributed by atoms with van der Waals surface area (Å²) in [5.74, 6) is -3.39. The van der Waals surface area contributed by atoms with E-state index in [1.807, 2.05) is 0 Å². The second-order valence-corrected chi connectivity index (χ2v) is 13.8. The van der Waals surface area contributed by atoms with Crippen LogP contribution in [0.4, 0.5) is 0 Å². The van der Waals surface area contributed by atoms with Gasteiger partial charge in [0.25, 0.3) is 0 Å². The number of esters is 2. The molecule has 17 heteroatoms. The lowest BCUT2D eigenvalue weighted by Gasteiger charge is -2.09. The number of Topliss-reactive ketones (excluding diaryl/α,β-unsaturated/α-hetero) is 1. The Labute approximate surface area is 359 Å². The predicted molar refractivity (Wildman–Crippen MR) is 222 cm³/mol. The topological polar surface area (TPSA) is 199 Å². The molecule has 0 bridgehead atoms. The van der Waals surface area contributed by atoms with E-state index in [-0.39, 0.29) is 38.6 Å². The van der Waals surface area contributed by atoms with Crippen molar-refractivity contribution in [2.45, 2.75) is 110 Å². The Hall–Kier alpha value is -2.32. The summed E-state index contributed by atoms with van der Waals surface area (Å²) in [6, 6.07) is 0. The van der Waals surface area contributed by atoms with E-state index in [0.29, 0.717) is 132 Å². The molecule has 0 spiro atoms. The van der Waals surface area contributed by atoms with Crippen molar-refractivity contribution in [1.29, 1.82) is 0 Å². The minimum Gasteiger partial charge on any atom is -0.476 e. The number of ketones is 1. The van der Waals surface area contributed by atoms with E-state index >= 15 is 0 Å². The van der Waals surface area contributed by atoms with Crippen molar-refractivity contribution in [3.05, 3.63) is 0 Å². The van der Waals surface area contributed by atoms with Crippen LogP contribution in [0.15, 0.2) is 0 Å². The largest absolute Gasteiger partial charge is 0.476 e. The summed E-state index contributed by atoms with van der Waals surface area (Å²) < 4.78 is 64.5. The first kappa shape index (κ1) is 57.7. The van der Waals surface area contributed by atoms with E-state index in [1.165, 1.54) is 70.6 Å². The Balaban J connectivity index is 3.16. The zero-order valence-electron chi connectivity index (χ0n) is 36.8. The first-order valence-corrected chi connectivity index (χ1v) is 22.3. The highest BCUT2D eigenvalue weighted by molar-refractivity contribution is 6.32. The summed E-state index contributed by atoms with van der Waals surface area (Å²) in [7, 11) is 0. The van der Waals surface area contributed by atoms with Gasteiger partial charge < -0.3 is 61.9 Å². The smallest absolute Gasteiger partial charge is 0.372 e. The van der Waals surface area contributed by atoms with Gasteiger partial charge in [0.15, 0.2) is 0 Å². The molecule has 0 saturated heterocycles. The molecule has 17 nitrogen and oxygen atoms in total. The number of carbonyl (C=O) groups is 4. The van der Waals surface area contributed by atoms with Gasteiger partial charge in [0, 0.05) is 12.8 Å². The van der Waals surface area contributed by atoms with Crippen molar-refractivity contribution in [3.63, 3.8) is 0 Å². The van der Waals surface area contributed by atoms with Crippen molar-refractivity contribution in [2.75, 3.05) is 145 Å². The van der Waals surface area contributed by atoms with Crippen molar-refractivity contribution >= 4 is 23.7 Å². The number of unbranched alkanes of at least 4 members (excludes halogenated alkanes) is 12. The van der Waals surface area contributed by atoms with Crippen LogP contribution in [0, 0.1) is 0 Å². The number of carbonyl (C=O) groups excluding carboxylic acids is 3. The molecule has 0 rings (SSSR count). The molecule has 0 aliphatic heterocycles. The second-order valence-electron chi connectivity index (χ2n) is 13.8. The van der Waals surface area contributed by atoms with Gasteiger partial charge in [-0.15, -0.1) is 0 Å². The van der Waals surface area contributed by atoms with Crippen molar-refractivity contribution in [2.24, 2.45) is 0 Å². The zero-order chi connectivity index (χ0) is 43.7. The number of ether oxygens (including phenoxy) is 12. The molecule has 0 heterocycles. The molecule has 0 amide bonds. The minimum atomic E-state index is -1.56. The van der Waals surface area contributed by atoms with Crippen LogP contribution < -0.4 is 0 Å². The highest BCUT2D eigenvalue weighted by atomic mass is 16.6. The van der Waals surface area contributed by atoms with Gasteiger partial charge in [-0.25, -0.2) is 4.79 Å². The summed E-state index contributed by atoms with van der Waals surface area (Å²) in [5, 5.41) is 8.46. The SMILES string of the molecule is CCCCCCCCCCCCCCCC(=O)OCCOCCOCCOCCOCCOCCOCCOCCOCCOCCOCCOC(=O)CCC(=O)C(=O)O. The number of hydrogen-bond donors (Lipinski definition) is 1. The van der Waals surface area contributed by atoms with Gasteiger partial charge in [0.05, 0.1) is 139 Å². The van der Waals surface area contributed by atoms with Gasteiger partial charge in [-0.1, -0.05) is 84.0 Å². The number of hydrogen-bond acceptors (Lipinski definition) is 16. The summed E-state index contributed by atoms with van der Waals surface area (Å²) >= 11 is 0. The average molecular weight is 869 g/mol. The molecule has 0 aliphatic rings. The molecule has 354 valence electrons. The van der Waals surface area contributed by atoms with Gasteiger partial charge in [-0.05, 0) is 6.42 Å². The summed E-state index contributed by atoms with van der Waals surface area (Å²) in [5.41, 5.74) is 0. The Morgan fingerprint density at radius 2 is 0.533 bits per heavy atom. The van der Waals surface area contributed by atoms with Crippen molar-refractivity contribution in [1.82, 2.24) is 0 Å². The van der Waals surface area contributed by atoms with E-state index in [9.17, 15) is 19.2 Å². The molecule has 0 aromatic rings. The lowest BCUT2D eigenvalue weighted by atomic mass is 10.0. The first-order valence-electron chi connectivity index (χ1n) is 22.3. The molecule has 0 unspecified atom stereocenters. The number of carboxylic acid groups (broad SMARTS) is 1. The number of rotatable bonds is 51.